The average Bonchev–Trinajstić information content (AvgIpc) is 3.10. The lowest BCUT2D eigenvalue weighted by atomic mass is 9.85. The molecule has 1 saturated heterocycles. The van der Waals surface area contributed by atoms with Gasteiger partial charge in [-0.05, 0) is 60.1 Å². The van der Waals surface area contributed by atoms with Crippen LogP contribution in [0.5, 0.6) is 0 Å². The molecule has 0 amide bonds. The molecule has 1 aromatic rings. The number of rotatable bonds is 3. The molecule has 1 atom stereocenters. The molecule has 0 radical (unpaired) electrons. The minimum Gasteiger partial charge on any atom is -0.386 e. The van der Waals surface area contributed by atoms with Gasteiger partial charge in [0.05, 0.1) is 11.6 Å². The minimum atomic E-state index is -0.335. The van der Waals surface area contributed by atoms with Crippen molar-refractivity contribution in [1.29, 1.82) is 0 Å². The SMILES string of the molecule is OC(c1cscc1Br)C1(N2CCCC2)CCCC1. The molecular weight excluding hydrogens is 310 g/mol. The van der Waals surface area contributed by atoms with Gasteiger partial charge < -0.3 is 5.11 Å². The standard InChI is InChI=1S/C14H20BrNOS/c15-12-10-18-9-11(12)13(17)14(5-1-2-6-14)16-7-3-4-8-16/h9-10,13,17H,1-8H2. The molecule has 2 heterocycles. The summed E-state index contributed by atoms with van der Waals surface area (Å²) in [6.45, 7) is 2.33. The van der Waals surface area contributed by atoms with Crippen molar-refractivity contribution in [2.45, 2.75) is 50.2 Å². The van der Waals surface area contributed by atoms with Gasteiger partial charge in [-0.15, -0.1) is 0 Å². The Morgan fingerprint density at radius 3 is 2.39 bits per heavy atom. The Bertz CT molecular complexity index is 408. The second-order valence-corrected chi connectivity index (χ2v) is 7.18. The maximum Gasteiger partial charge on any atom is 0.0992 e. The molecule has 1 aromatic heterocycles. The third-order valence-electron chi connectivity index (χ3n) is 4.65. The van der Waals surface area contributed by atoms with Gasteiger partial charge in [0.25, 0.3) is 0 Å². The van der Waals surface area contributed by atoms with Crippen LogP contribution in [0.4, 0.5) is 0 Å². The number of hydrogen-bond acceptors (Lipinski definition) is 3. The molecule has 1 saturated carbocycles. The second kappa shape index (κ2) is 5.23. The zero-order valence-corrected chi connectivity index (χ0v) is 13.0. The molecule has 3 rings (SSSR count). The van der Waals surface area contributed by atoms with Gasteiger partial charge in [0, 0.05) is 15.4 Å². The lowest BCUT2D eigenvalue weighted by molar-refractivity contribution is -0.0197. The molecule has 1 unspecified atom stereocenters. The van der Waals surface area contributed by atoms with Crippen molar-refractivity contribution in [2.24, 2.45) is 0 Å². The van der Waals surface area contributed by atoms with E-state index in [1.54, 1.807) is 11.3 Å². The van der Waals surface area contributed by atoms with Crippen molar-refractivity contribution in [3.8, 4) is 0 Å². The van der Waals surface area contributed by atoms with Gasteiger partial charge in [-0.2, -0.15) is 11.3 Å². The summed E-state index contributed by atoms with van der Waals surface area (Å²) in [4.78, 5) is 2.56. The van der Waals surface area contributed by atoms with Gasteiger partial charge >= 0.3 is 0 Å². The molecule has 1 N–H and O–H groups in total. The summed E-state index contributed by atoms with van der Waals surface area (Å²) in [7, 11) is 0. The number of aliphatic hydroxyl groups excluding tert-OH is 1. The minimum absolute atomic E-state index is 0.0140. The molecule has 2 fully saturated rings. The summed E-state index contributed by atoms with van der Waals surface area (Å²) in [5.41, 5.74) is 1.11. The summed E-state index contributed by atoms with van der Waals surface area (Å²) in [5.74, 6) is 0. The van der Waals surface area contributed by atoms with Crippen molar-refractivity contribution in [2.75, 3.05) is 13.1 Å². The highest BCUT2D eigenvalue weighted by atomic mass is 79.9. The Morgan fingerprint density at radius 2 is 1.83 bits per heavy atom. The number of aliphatic hydroxyl groups is 1. The van der Waals surface area contributed by atoms with Crippen LogP contribution in [0, 0.1) is 0 Å². The lowest BCUT2D eigenvalue weighted by Crippen LogP contribution is -2.49. The van der Waals surface area contributed by atoms with E-state index < -0.39 is 0 Å². The number of thiophene rings is 1. The van der Waals surface area contributed by atoms with Crippen LogP contribution >= 0.6 is 27.3 Å². The fourth-order valence-corrected chi connectivity index (χ4v) is 5.22. The summed E-state index contributed by atoms with van der Waals surface area (Å²) in [6, 6.07) is 0. The van der Waals surface area contributed by atoms with Gasteiger partial charge in [0.1, 0.15) is 0 Å². The van der Waals surface area contributed by atoms with E-state index >= 15 is 0 Å². The number of nitrogens with zero attached hydrogens (tertiary/aromatic N) is 1. The highest BCUT2D eigenvalue weighted by Crippen LogP contribution is 2.47. The quantitative estimate of drug-likeness (QED) is 0.907. The normalized spacial score (nSPS) is 25.7. The van der Waals surface area contributed by atoms with E-state index in [9.17, 15) is 5.11 Å². The first-order chi connectivity index (χ1) is 8.74. The third-order valence-corrected chi connectivity index (χ3v) is 6.40. The molecule has 0 spiro atoms. The van der Waals surface area contributed by atoms with Gasteiger partial charge in [-0.25, -0.2) is 0 Å². The van der Waals surface area contributed by atoms with Crippen LogP contribution in [0.15, 0.2) is 15.2 Å². The number of likely N-dealkylation sites (tertiary alicyclic amines) is 1. The van der Waals surface area contributed by atoms with Crippen LogP contribution in [0.2, 0.25) is 0 Å². The molecule has 18 heavy (non-hydrogen) atoms. The van der Waals surface area contributed by atoms with Crippen molar-refractivity contribution in [1.82, 2.24) is 4.90 Å². The molecule has 0 aromatic carbocycles. The average molecular weight is 330 g/mol. The summed E-state index contributed by atoms with van der Waals surface area (Å²) in [5, 5.41) is 15.1. The fraction of sp³-hybridized carbons (Fsp3) is 0.714. The third kappa shape index (κ3) is 2.07. The van der Waals surface area contributed by atoms with E-state index in [4.69, 9.17) is 0 Å². The van der Waals surface area contributed by atoms with Crippen LogP contribution in [0.25, 0.3) is 0 Å². The topological polar surface area (TPSA) is 23.5 Å². The zero-order valence-electron chi connectivity index (χ0n) is 10.6. The Labute approximate surface area is 121 Å². The van der Waals surface area contributed by atoms with Crippen LogP contribution in [0.3, 0.4) is 0 Å². The molecule has 4 heteroatoms. The van der Waals surface area contributed by atoms with Gasteiger partial charge in [0.2, 0.25) is 0 Å². The molecule has 1 aliphatic carbocycles. The first kappa shape index (κ1) is 13.1. The maximum absolute atomic E-state index is 10.9. The summed E-state index contributed by atoms with van der Waals surface area (Å²) < 4.78 is 1.07. The highest BCUT2D eigenvalue weighted by Gasteiger charge is 2.47. The Hall–Kier alpha value is 0.1000. The Balaban J connectivity index is 1.91. The molecular formula is C14H20BrNOS. The summed E-state index contributed by atoms with van der Waals surface area (Å²) in [6.07, 6.45) is 7.06. The number of hydrogen-bond donors (Lipinski definition) is 1. The van der Waals surface area contributed by atoms with Crippen molar-refractivity contribution >= 4 is 27.3 Å². The fourth-order valence-electron chi connectivity index (χ4n) is 3.69. The number of halogens is 1. The Morgan fingerprint density at radius 1 is 1.17 bits per heavy atom. The summed E-state index contributed by atoms with van der Waals surface area (Å²) >= 11 is 5.25. The molecule has 2 nitrogen and oxygen atoms in total. The largest absolute Gasteiger partial charge is 0.386 e. The van der Waals surface area contributed by atoms with Crippen LogP contribution in [-0.2, 0) is 0 Å². The molecule has 1 aliphatic heterocycles. The van der Waals surface area contributed by atoms with Crippen LogP contribution < -0.4 is 0 Å². The predicted octanol–water partition coefficient (Wildman–Crippen LogP) is 3.95. The van der Waals surface area contributed by atoms with E-state index in [2.05, 4.69) is 31.6 Å². The predicted molar refractivity (Wildman–Crippen MR) is 79.0 cm³/mol. The van der Waals surface area contributed by atoms with E-state index in [1.165, 1.54) is 38.8 Å². The van der Waals surface area contributed by atoms with Gasteiger partial charge in [-0.3, -0.25) is 4.90 Å². The van der Waals surface area contributed by atoms with Gasteiger partial charge in [-0.1, -0.05) is 12.8 Å². The maximum atomic E-state index is 10.9. The lowest BCUT2D eigenvalue weighted by Gasteiger charge is -2.42. The van der Waals surface area contributed by atoms with E-state index in [0.29, 0.717) is 0 Å². The van der Waals surface area contributed by atoms with E-state index in [1.807, 2.05) is 0 Å². The first-order valence-electron chi connectivity index (χ1n) is 6.89. The van der Waals surface area contributed by atoms with Crippen molar-refractivity contribution < 1.29 is 5.11 Å². The molecule has 100 valence electrons. The Kier molecular flexibility index (Phi) is 3.81. The van der Waals surface area contributed by atoms with Gasteiger partial charge in [0.15, 0.2) is 0 Å². The monoisotopic (exact) mass is 329 g/mol. The van der Waals surface area contributed by atoms with Crippen molar-refractivity contribution in [3.05, 3.63) is 20.8 Å². The molecule has 0 bridgehead atoms. The highest BCUT2D eigenvalue weighted by molar-refractivity contribution is 9.10. The smallest absolute Gasteiger partial charge is 0.0992 e. The van der Waals surface area contributed by atoms with E-state index in [0.717, 1.165) is 22.9 Å². The van der Waals surface area contributed by atoms with Crippen molar-refractivity contribution in [3.63, 3.8) is 0 Å². The molecule has 2 aliphatic rings. The van der Waals surface area contributed by atoms with Crippen LogP contribution in [-0.4, -0.2) is 28.6 Å². The second-order valence-electron chi connectivity index (χ2n) is 5.58. The van der Waals surface area contributed by atoms with E-state index in [-0.39, 0.29) is 11.6 Å². The first-order valence-corrected chi connectivity index (χ1v) is 8.62. The zero-order chi connectivity index (χ0) is 12.6. The van der Waals surface area contributed by atoms with Crippen LogP contribution in [0.1, 0.15) is 50.2 Å².